The van der Waals surface area contributed by atoms with Crippen molar-refractivity contribution >= 4 is 55.6 Å². The molecule has 0 unspecified atom stereocenters. The number of carbonyl (C=O) groups excluding carboxylic acids is 4. The van der Waals surface area contributed by atoms with E-state index in [0.29, 0.717) is 0 Å². The second kappa shape index (κ2) is 8.42. The third-order valence-electron chi connectivity index (χ3n) is 6.41. The van der Waals surface area contributed by atoms with Gasteiger partial charge in [-0.3, -0.25) is 24.1 Å². The summed E-state index contributed by atoms with van der Waals surface area (Å²) in [5, 5.41) is 2.75. The zero-order valence-electron chi connectivity index (χ0n) is 16.3. The fraction of sp³-hybridized carbons (Fsp3) is 0.524. The highest BCUT2D eigenvalue weighted by Gasteiger charge is 2.66. The van der Waals surface area contributed by atoms with E-state index in [-0.39, 0.29) is 51.2 Å². The molecule has 1 heterocycles. The maximum absolute atomic E-state index is 12.8. The fourth-order valence-corrected chi connectivity index (χ4v) is 6.87. The maximum atomic E-state index is 12.8. The number of carbonyl (C=O) groups is 4. The van der Waals surface area contributed by atoms with Crippen molar-refractivity contribution in [3.8, 4) is 0 Å². The van der Waals surface area contributed by atoms with Gasteiger partial charge in [-0.05, 0) is 30.7 Å². The number of nitrogens with one attached hydrogen (secondary N) is 1. The highest BCUT2D eigenvalue weighted by Crippen LogP contribution is 2.60. The van der Waals surface area contributed by atoms with Crippen molar-refractivity contribution in [1.29, 1.82) is 0 Å². The van der Waals surface area contributed by atoms with Gasteiger partial charge in [-0.2, -0.15) is 0 Å². The molecule has 2 bridgehead atoms. The Hall–Kier alpha value is -1.74. The van der Waals surface area contributed by atoms with Crippen LogP contribution in [0.3, 0.4) is 0 Å². The summed E-state index contributed by atoms with van der Waals surface area (Å²) in [6, 6.07) is 9.18. The number of rotatable bonds is 6. The highest BCUT2D eigenvalue weighted by atomic mass is 79.9. The van der Waals surface area contributed by atoms with Crippen LogP contribution in [-0.4, -0.2) is 51.4 Å². The van der Waals surface area contributed by atoms with Gasteiger partial charge in [0.2, 0.25) is 11.8 Å². The summed E-state index contributed by atoms with van der Waals surface area (Å²) in [6.07, 6.45) is 0.830. The highest BCUT2D eigenvalue weighted by molar-refractivity contribution is 9.12. The van der Waals surface area contributed by atoms with Crippen LogP contribution in [0.15, 0.2) is 30.3 Å². The van der Waals surface area contributed by atoms with Crippen molar-refractivity contribution in [3.05, 3.63) is 35.9 Å². The Morgan fingerprint density at radius 2 is 1.67 bits per heavy atom. The minimum absolute atomic E-state index is 0.0899. The van der Waals surface area contributed by atoms with Crippen molar-refractivity contribution in [1.82, 2.24) is 10.2 Å². The number of nitrogens with zero attached hydrogens (tertiary/aromatic N) is 1. The van der Waals surface area contributed by atoms with Gasteiger partial charge in [-0.25, -0.2) is 0 Å². The predicted molar refractivity (Wildman–Crippen MR) is 115 cm³/mol. The summed E-state index contributed by atoms with van der Waals surface area (Å²) in [5.74, 6) is -2.39. The van der Waals surface area contributed by atoms with Crippen molar-refractivity contribution < 1.29 is 23.9 Å². The molecule has 0 radical (unpaired) electrons. The zero-order valence-corrected chi connectivity index (χ0v) is 19.5. The van der Waals surface area contributed by atoms with Crippen molar-refractivity contribution in [3.63, 3.8) is 0 Å². The molecule has 0 spiro atoms. The lowest BCUT2D eigenvalue weighted by atomic mass is 9.81. The van der Waals surface area contributed by atoms with Crippen LogP contribution in [0.1, 0.15) is 24.9 Å². The van der Waals surface area contributed by atoms with Crippen LogP contribution in [-0.2, 0) is 23.9 Å². The molecule has 1 aromatic carbocycles. The molecule has 1 saturated heterocycles. The molecule has 1 N–H and O–H groups in total. The Balaban J connectivity index is 1.29. The quantitative estimate of drug-likeness (QED) is 0.338. The van der Waals surface area contributed by atoms with Crippen molar-refractivity contribution in [2.75, 3.05) is 13.2 Å². The van der Waals surface area contributed by atoms with Crippen LogP contribution < -0.4 is 5.32 Å². The van der Waals surface area contributed by atoms with Gasteiger partial charge in [0.15, 0.2) is 6.61 Å². The van der Waals surface area contributed by atoms with Crippen LogP contribution in [0.2, 0.25) is 0 Å². The minimum atomic E-state index is -0.766. The molecule has 2 saturated carbocycles. The van der Waals surface area contributed by atoms with Gasteiger partial charge < -0.3 is 10.1 Å². The first kappa shape index (κ1) is 21.5. The number of halogens is 2. The molecule has 3 amide bonds. The number of fused-ring (bicyclic) bond motifs is 5. The van der Waals surface area contributed by atoms with E-state index in [4.69, 9.17) is 4.74 Å². The molecule has 3 fully saturated rings. The maximum Gasteiger partial charge on any atom is 0.326 e. The Bertz CT molecular complexity index is 847. The molecular weight excluding hydrogens is 520 g/mol. The van der Waals surface area contributed by atoms with Crippen LogP contribution in [0.4, 0.5) is 0 Å². The summed E-state index contributed by atoms with van der Waals surface area (Å²) >= 11 is 7.26. The van der Waals surface area contributed by atoms with Gasteiger partial charge >= 0.3 is 5.97 Å². The molecule has 30 heavy (non-hydrogen) atoms. The standard InChI is InChI=1S/C21H22Br2N2O5/c1-10(11-5-3-2-4-6-11)24-14(26)9-30-15(27)8-25-20(28)16-12-7-13(17(16)21(25)29)19(23)18(12)22/h2-6,10,12-13,16-19H,7-9H2,1H3,(H,24,26)/t10-,12+,13+,16-,17+,18-,19+/m0/s1. The molecular formula is C21H22Br2N2O5. The van der Waals surface area contributed by atoms with Gasteiger partial charge in [0, 0.05) is 9.65 Å². The Kier molecular flexibility index (Phi) is 6.03. The van der Waals surface area contributed by atoms with Crippen LogP contribution in [0.25, 0.3) is 0 Å². The molecule has 1 aromatic rings. The van der Waals surface area contributed by atoms with Crippen LogP contribution in [0, 0.1) is 23.7 Å². The second-order valence-electron chi connectivity index (χ2n) is 8.13. The van der Waals surface area contributed by atoms with E-state index in [1.807, 2.05) is 37.3 Å². The van der Waals surface area contributed by atoms with E-state index >= 15 is 0 Å². The number of hydrogen-bond acceptors (Lipinski definition) is 5. The number of ether oxygens (including phenoxy) is 1. The summed E-state index contributed by atoms with van der Waals surface area (Å²) in [5.41, 5.74) is 0.932. The summed E-state index contributed by atoms with van der Waals surface area (Å²) in [4.78, 5) is 51.2. The van der Waals surface area contributed by atoms with Gasteiger partial charge in [-0.1, -0.05) is 62.2 Å². The smallest absolute Gasteiger partial charge is 0.326 e. The lowest BCUT2D eigenvalue weighted by molar-refractivity contribution is -0.155. The molecule has 2 aliphatic carbocycles. The zero-order chi connectivity index (χ0) is 21.6. The summed E-state index contributed by atoms with van der Waals surface area (Å²) in [7, 11) is 0. The molecule has 160 valence electrons. The Morgan fingerprint density at radius 1 is 1.10 bits per heavy atom. The third kappa shape index (κ3) is 3.70. The SMILES string of the molecule is C[C@H](NC(=O)COC(=O)CN1C(=O)[C@@H]2[C@H]3C[C@@H]([C@H](Br)[C@@H]3Br)[C@@H]2C1=O)c1ccccc1. The first-order chi connectivity index (χ1) is 14.3. The monoisotopic (exact) mass is 540 g/mol. The average molecular weight is 542 g/mol. The molecule has 7 atom stereocenters. The first-order valence-corrected chi connectivity index (χ1v) is 11.8. The van der Waals surface area contributed by atoms with Crippen LogP contribution >= 0.6 is 31.9 Å². The molecule has 7 nitrogen and oxygen atoms in total. The third-order valence-corrected chi connectivity index (χ3v) is 9.61. The van der Waals surface area contributed by atoms with Crippen molar-refractivity contribution in [2.45, 2.75) is 29.0 Å². The van der Waals surface area contributed by atoms with E-state index in [2.05, 4.69) is 37.2 Å². The average Bonchev–Trinajstić information content (AvgIpc) is 3.34. The first-order valence-electron chi connectivity index (χ1n) is 9.93. The number of alkyl halides is 2. The molecule has 1 aliphatic heterocycles. The van der Waals surface area contributed by atoms with Gasteiger partial charge in [0.1, 0.15) is 6.54 Å². The van der Waals surface area contributed by atoms with Crippen LogP contribution in [0.5, 0.6) is 0 Å². The van der Waals surface area contributed by atoms with E-state index in [0.717, 1.165) is 16.9 Å². The number of imide groups is 1. The number of amides is 3. The fourth-order valence-electron chi connectivity index (χ4n) is 5.00. The minimum Gasteiger partial charge on any atom is -0.454 e. The van der Waals surface area contributed by atoms with E-state index in [1.165, 1.54) is 0 Å². The Labute approximate surface area is 191 Å². The summed E-state index contributed by atoms with van der Waals surface area (Å²) < 4.78 is 5.02. The number of likely N-dealkylation sites (tertiary alicyclic amines) is 1. The van der Waals surface area contributed by atoms with E-state index < -0.39 is 25.0 Å². The topological polar surface area (TPSA) is 92.8 Å². The van der Waals surface area contributed by atoms with E-state index in [1.54, 1.807) is 0 Å². The number of benzene rings is 1. The lowest BCUT2D eigenvalue weighted by Crippen LogP contribution is -2.39. The van der Waals surface area contributed by atoms with Crippen molar-refractivity contribution in [2.24, 2.45) is 23.7 Å². The number of hydrogen-bond donors (Lipinski definition) is 1. The molecule has 9 heteroatoms. The normalized spacial score (nSPS) is 32.8. The molecule has 0 aromatic heterocycles. The summed E-state index contributed by atoms with van der Waals surface area (Å²) in [6.45, 7) is 0.917. The second-order valence-corrected chi connectivity index (χ2v) is 10.2. The predicted octanol–water partition coefficient (Wildman–Crippen LogP) is 2.18. The van der Waals surface area contributed by atoms with Gasteiger partial charge in [0.05, 0.1) is 17.9 Å². The van der Waals surface area contributed by atoms with Gasteiger partial charge in [0.25, 0.3) is 5.91 Å². The lowest BCUT2D eigenvalue weighted by Gasteiger charge is -2.28. The number of esters is 1. The molecule has 4 rings (SSSR count). The molecule has 3 aliphatic rings. The Morgan fingerprint density at radius 3 is 2.23 bits per heavy atom. The largest absolute Gasteiger partial charge is 0.454 e. The van der Waals surface area contributed by atoms with E-state index in [9.17, 15) is 19.2 Å². The van der Waals surface area contributed by atoms with Gasteiger partial charge in [-0.15, -0.1) is 0 Å².